The molecular formula is C17H22N4O2S. The monoisotopic (exact) mass is 346 g/mol. The summed E-state index contributed by atoms with van der Waals surface area (Å²) in [6.07, 6.45) is 4.32. The first kappa shape index (κ1) is 16.9. The van der Waals surface area contributed by atoms with Crippen LogP contribution in [0.2, 0.25) is 0 Å². The molecule has 1 N–H and O–H groups in total. The quantitative estimate of drug-likeness (QED) is 0.871. The minimum Gasteiger partial charge on any atom is -0.497 e. The molecule has 0 saturated carbocycles. The van der Waals surface area contributed by atoms with Crippen molar-refractivity contribution in [2.24, 2.45) is 0 Å². The van der Waals surface area contributed by atoms with Gasteiger partial charge >= 0.3 is 0 Å². The summed E-state index contributed by atoms with van der Waals surface area (Å²) in [7, 11) is 1.65. The number of rotatable bonds is 6. The molecule has 7 heteroatoms. The second-order valence-electron chi connectivity index (χ2n) is 5.91. The van der Waals surface area contributed by atoms with Gasteiger partial charge < -0.3 is 4.74 Å². The van der Waals surface area contributed by atoms with Gasteiger partial charge in [-0.3, -0.25) is 15.0 Å². The van der Waals surface area contributed by atoms with Crippen molar-refractivity contribution >= 4 is 22.4 Å². The molecule has 2 heterocycles. The molecule has 1 aromatic heterocycles. The predicted octanol–water partition coefficient (Wildman–Crippen LogP) is 2.56. The van der Waals surface area contributed by atoms with Gasteiger partial charge in [0, 0.05) is 6.42 Å². The van der Waals surface area contributed by atoms with Gasteiger partial charge in [0.15, 0.2) is 0 Å². The van der Waals surface area contributed by atoms with E-state index in [9.17, 15) is 4.79 Å². The lowest BCUT2D eigenvalue weighted by Crippen LogP contribution is -2.36. The Bertz CT molecular complexity index is 665. The van der Waals surface area contributed by atoms with E-state index in [1.54, 1.807) is 7.11 Å². The van der Waals surface area contributed by atoms with E-state index in [0.717, 1.165) is 29.4 Å². The van der Waals surface area contributed by atoms with E-state index in [0.29, 0.717) is 18.1 Å². The predicted molar refractivity (Wildman–Crippen MR) is 94.6 cm³/mol. The summed E-state index contributed by atoms with van der Waals surface area (Å²) in [6, 6.07) is 7.87. The summed E-state index contributed by atoms with van der Waals surface area (Å²) >= 11 is 1.42. The Morgan fingerprint density at radius 3 is 2.67 bits per heavy atom. The first-order valence-electron chi connectivity index (χ1n) is 8.20. The number of piperidine rings is 1. The van der Waals surface area contributed by atoms with Crippen LogP contribution in [-0.2, 0) is 11.2 Å². The summed E-state index contributed by atoms with van der Waals surface area (Å²) in [5.74, 6) is 0.825. The fourth-order valence-electron chi connectivity index (χ4n) is 2.77. The molecule has 6 nitrogen and oxygen atoms in total. The lowest BCUT2D eigenvalue weighted by molar-refractivity contribution is -0.117. The number of carbonyl (C=O) groups excluding carboxylic acids is 1. The van der Waals surface area contributed by atoms with Crippen molar-refractivity contribution in [2.75, 3.05) is 32.1 Å². The van der Waals surface area contributed by atoms with Crippen molar-refractivity contribution in [3.05, 3.63) is 34.8 Å². The Balaban J connectivity index is 1.51. The van der Waals surface area contributed by atoms with Gasteiger partial charge in [0.1, 0.15) is 10.8 Å². The number of anilines is 1. The molecular weight excluding hydrogens is 324 g/mol. The van der Waals surface area contributed by atoms with Crippen LogP contribution in [0.3, 0.4) is 0 Å². The fraction of sp³-hybridized carbons (Fsp3) is 0.471. The highest BCUT2D eigenvalue weighted by Gasteiger charge is 2.15. The van der Waals surface area contributed by atoms with E-state index in [1.165, 1.54) is 30.6 Å². The van der Waals surface area contributed by atoms with Crippen LogP contribution in [0.25, 0.3) is 0 Å². The normalized spacial score (nSPS) is 15.2. The van der Waals surface area contributed by atoms with Crippen LogP contribution in [-0.4, -0.2) is 47.7 Å². The molecule has 1 aliphatic rings. The number of amides is 1. The number of hydrogen-bond donors (Lipinski definition) is 1. The molecule has 2 aromatic rings. The average molecular weight is 346 g/mol. The molecule has 1 fully saturated rings. The average Bonchev–Trinajstić information content (AvgIpc) is 3.03. The third-order valence-electron chi connectivity index (χ3n) is 4.04. The van der Waals surface area contributed by atoms with E-state index < -0.39 is 0 Å². The van der Waals surface area contributed by atoms with Crippen molar-refractivity contribution in [2.45, 2.75) is 25.7 Å². The number of ether oxygens (including phenoxy) is 1. The number of benzene rings is 1. The third-order valence-corrected chi connectivity index (χ3v) is 4.88. The van der Waals surface area contributed by atoms with E-state index in [-0.39, 0.29) is 5.91 Å². The minimum absolute atomic E-state index is 0.0101. The molecule has 1 aromatic carbocycles. The largest absolute Gasteiger partial charge is 0.497 e. The van der Waals surface area contributed by atoms with Crippen molar-refractivity contribution in [3.8, 4) is 5.75 Å². The van der Waals surface area contributed by atoms with Gasteiger partial charge in [0.05, 0.1) is 13.7 Å². The third kappa shape index (κ3) is 4.75. The van der Waals surface area contributed by atoms with Crippen molar-refractivity contribution < 1.29 is 9.53 Å². The Morgan fingerprint density at radius 2 is 1.96 bits per heavy atom. The number of likely N-dealkylation sites (tertiary alicyclic amines) is 1. The van der Waals surface area contributed by atoms with Crippen LogP contribution in [0, 0.1) is 0 Å². The summed E-state index contributed by atoms with van der Waals surface area (Å²) < 4.78 is 5.15. The van der Waals surface area contributed by atoms with Gasteiger partial charge in [-0.05, 0) is 43.6 Å². The summed E-state index contributed by atoms with van der Waals surface area (Å²) in [6.45, 7) is 2.45. The molecule has 0 aliphatic carbocycles. The maximum atomic E-state index is 12.1. The van der Waals surface area contributed by atoms with Crippen molar-refractivity contribution in [1.29, 1.82) is 0 Å². The molecule has 0 radical (unpaired) electrons. The van der Waals surface area contributed by atoms with Gasteiger partial charge in [-0.2, -0.15) is 0 Å². The second kappa shape index (κ2) is 8.21. The maximum Gasteiger partial charge on any atom is 0.240 e. The maximum absolute atomic E-state index is 12.1. The van der Waals surface area contributed by atoms with Crippen LogP contribution in [0.4, 0.5) is 5.13 Å². The molecule has 1 amide bonds. The topological polar surface area (TPSA) is 67.4 Å². The first-order chi connectivity index (χ1) is 11.7. The van der Waals surface area contributed by atoms with Gasteiger partial charge in [-0.1, -0.05) is 29.9 Å². The Kier molecular flexibility index (Phi) is 5.77. The zero-order chi connectivity index (χ0) is 16.8. The summed E-state index contributed by atoms with van der Waals surface area (Å²) in [5.41, 5.74) is 1.14. The lowest BCUT2D eigenvalue weighted by Gasteiger charge is -2.25. The van der Waals surface area contributed by atoms with Crippen LogP contribution in [0.15, 0.2) is 24.3 Å². The molecule has 0 bridgehead atoms. The standard InChI is InChI=1S/C17H22N4O2S/c1-23-14-7-5-13(6-8-14)11-16-19-20-17(24-16)18-15(22)12-21-9-3-2-4-10-21/h5-8H,2-4,9-12H2,1H3,(H,18,20,22). The number of nitrogens with one attached hydrogen (secondary N) is 1. The highest BCUT2D eigenvalue weighted by Crippen LogP contribution is 2.20. The first-order valence-corrected chi connectivity index (χ1v) is 9.02. The zero-order valence-electron chi connectivity index (χ0n) is 13.8. The highest BCUT2D eigenvalue weighted by atomic mass is 32.1. The molecule has 0 atom stereocenters. The van der Waals surface area contributed by atoms with E-state index in [1.807, 2.05) is 24.3 Å². The van der Waals surface area contributed by atoms with Crippen LogP contribution >= 0.6 is 11.3 Å². The van der Waals surface area contributed by atoms with E-state index in [2.05, 4.69) is 20.4 Å². The Hall–Kier alpha value is -1.99. The van der Waals surface area contributed by atoms with Crippen LogP contribution in [0.1, 0.15) is 29.8 Å². The number of hydrogen-bond acceptors (Lipinski definition) is 6. The fourth-order valence-corrected chi connectivity index (χ4v) is 3.56. The Labute approximate surface area is 145 Å². The van der Waals surface area contributed by atoms with Gasteiger partial charge in [-0.15, -0.1) is 10.2 Å². The molecule has 0 unspecified atom stereocenters. The summed E-state index contributed by atoms with van der Waals surface area (Å²) in [4.78, 5) is 14.3. The van der Waals surface area contributed by atoms with Crippen LogP contribution in [0.5, 0.6) is 5.75 Å². The van der Waals surface area contributed by atoms with Crippen molar-refractivity contribution in [1.82, 2.24) is 15.1 Å². The molecule has 24 heavy (non-hydrogen) atoms. The molecule has 1 aliphatic heterocycles. The molecule has 3 rings (SSSR count). The highest BCUT2D eigenvalue weighted by molar-refractivity contribution is 7.15. The molecule has 0 spiro atoms. The SMILES string of the molecule is COc1ccc(Cc2nnc(NC(=O)CN3CCCCC3)s2)cc1. The van der Waals surface area contributed by atoms with E-state index in [4.69, 9.17) is 4.74 Å². The second-order valence-corrected chi connectivity index (χ2v) is 6.97. The van der Waals surface area contributed by atoms with Crippen LogP contribution < -0.4 is 10.1 Å². The van der Waals surface area contributed by atoms with Gasteiger partial charge in [0.2, 0.25) is 11.0 Å². The number of nitrogens with zero attached hydrogens (tertiary/aromatic N) is 3. The minimum atomic E-state index is -0.0101. The molecule has 128 valence electrons. The Morgan fingerprint density at radius 1 is 1.21 bits per heavy atom. The summed E-state index contributed by atoms with van der Waals surface area (Å²) in [5, 5.41) is 12.5. The van der Waals surface area contributed by atoms with Gasteiger partial charge in [0.25, 0.3) is 0 Å². The van der Waals surface area contributed by atoms with Gasteiger partial charge in [-0.25, -0.2) is 0 Å². The number of aromatic nitrogens is 2. The number of carbonyl (C=O) groups is 1. The molecule has 1 saturated heterocycles. The number of methoxy groups -OCH3 is 1. The van der Waals surface area contributed by atoms with E-state index >= 15 is 0 Å². The van der Waals surface area contributed by atoms with Crippen molar-refractivity contribution in [3.63, 3.8) is 0 Å². The zero-order valence-corrected chi connectivity index (χ0v) is 14.6. The lowest BCUT2D eigenvalue weighted by atomic mass is 10.1. The smallest absolute Gasteiger partial charge is 0.240 e.